The molecule has 5 heteroatoms. The number of benzene rings is 1. The lowest BCUT2D eigenvalue weighted by Gasteiger charge is -2.04. The lowest BCUT2D eigenvalue weighted by molar-refractivity contribution is -0.116. The molecule has 0 spiro atoms. The van der Waals surface area contributed by atoms with E-state index in [0.29, 0.717) is 12.4 Å². The summed E-state index contributed by atoms with van der Waals surface area (Å²) < 4.78 is 0. The highest BCUT2D eigenvalue weighted by Crippen LogP contribution is 2.08. The fourth-order valence-corrected chi connectivity index (χ4v) is 1.69. The van der Waals surface area contributed by atoms with Crippen LogP contribution in [0.25, 0.3) is 0 Å². The first-order chi connectivity index (χ1) is 8.74. The molecule has 0 aliphatic heterocycles. The quantitative estimate of drug-likeness (QED) is 0.751. The minimum atomic E-state index is 0.0219. The molecule has 1 amide bonds. The normalized spacial score (nSPS) is 10.2. The number of nitrogens with two attached hydrogens (primary N) is 1. The molecule has 18 heavy (non-hydrogen) atoms. The van der Waals surface area contributed by atoms with E-state index in [1.54, 1.807) is 6.20 Å². The van der Waals surface area contributed by atoms with Crippen molar-refractivity contribution < 1.29 is 4.79 Å². The van der Waals surface area contributed by atoms with E-state index < -0.39 is 0 Å². The molecular formula is C13H16N4O. The molecule has 0 unspecified atom stereocenters. The van der Waals surface area contributed by atoms with Gasteiger partial charge < -0.3 is 16.0 Å². The van der Waals surface area contributed by atoms with Crippen LogP contribution in [-0.2, 0) is 11.2 Å². The van der Waals surface area contributed by atoms with Crippen LogP contribution < -0.4 is 11.1 Å². The summed E-state index contributed by atoms with van der Waals surface area (Å²) >= 11 is 0. The summed E-state index contributed by atoms with van der Waals surface area (Å²) in [7, 11) is 0. The number of aromatic nitrogens is 2. The third kappa shape index (κ3) is 3.62. The number of hydrogen-bond acceptors (Lipinski definition) is 3. The van der Waals surface area contributed by atoms with Gasteiger partial charge in [0.25, 0.3) is 0 Å². The molecule has 0 fully saturated rings. The van der Waals surface area contributed by atoms with E-state index in [9.17, 15) is 4.79 Å². The molecule has 1 aromatic heterocycles. The molecule has 0 saturated heterocycles. The minimum absolute atomic E-state index is 0.0219. The number of rotatable bonds is 5. The molecule has 0 saturated carbocycles. The van der Waals surface area contributed by atoms with Gasteiger partial charge in [-0.3, -0.25) is 4.79 Å². The van der Waals surface area contributed by atoms with Crippen LogP contribution in [0, 0.1) is 0 Å². The summed E-state index contributed by atoms with van der Waals surface area (Å²) in [5, 5.41) is 2.84. The highest BCUT2D eigenvalue weighted by Gasteiger charge is 2.03. The topological polar surface area (TPSA) is 83.8 Å². The first-order valence-corrected chi connectivity index (χ1v) is 5.88. The molecule has 1 heterocycles. The van der Waals surface area contributed by atoms with Crippen molar-refractivity contribution in [1.82, 2.24) is 9.97 Å². The van der Waals surface area contributed by atoms with Gasteiger partial charge in [-0.05, 0) is 25.0 Å². The Hall–Kier alpha value is -2.30. The molecule has 94 valence electrons. The maximum Gasteiger partial charge on any atom is 0.224 e. The molecule has 0 atom stereocenters. The zero-order valence-corrected chi connectivity index (χ0v) is 10.0. The molecule has 2 rings (SSSR count). The Morgan fingerprint density at radius 3 is 2.78 bits per heavy atom. The molecule has 0 aliphatic rings. The van der Waals surface area contributed by atoms with Gasteiger partial charge in [-0.25, -0.2) is 4.98 Å². The predicted molar refractivity (Wildman–Crippen MR) is 71.0 cm³/mol. The Bertz CT molecular complexity index is 507. The maximum absolute atomic E-state index is 11.6. The van der Waals surface area contributed by atoms with Gasteiger partial charge in [0.15, 0.2) is 5.95 Å². The lowest BCUT2D eigenvalue weighted by Crippen LogP contribution is -2.11. The van der Waals surface area contributed by atoms with Crippen LogP contribution >= 0.6 is 0 Å². The molecule has 2 aromatic rings. The number of aryl methyl sites for hydroxylation is 1. The number of amides is 1. The van der Waals surface area contributed by atoms with Crippen LogP contribution in [0.2, 0.25) is 0 Å². The monoisotopic (exact) mass is 244 g/mol. The van der Waals surface area contributed by atoms with Crippen molar-refractivity contribution in [2.24, 2.45) is 0 Å². The summed E-state index contributed by atoms with van der Waals surface area (Å²) in [4.78, 5) is 18.5. The Morgan fingerprint density at radius 2 is 2.11 bits per heavy atom. The standard InChI is InChI=1S/C13H16N4O/c14-13-15-9-11(17-13)7-4-8-12(18)16-10-5-2-1-3-6-10/h1-3,5-6,9H,4,7-8H2,(H,16,18)(H3,14,15,17). The highest BCUT2D eigenvalue weighted by molar-refractivity contribution is 5.90. The molecule has 5 nitrogen and oxygen atoms in total. The van der Waals surface area contributed by atoms with E-state index in [-0.39, 0.29) is 5.91 Å². The number of aromatic amines is 1. The molecule has 0 radical (unpaired) electrons. The minimum Gasteiger partial charge on any atom is -0.369 e. The Kier molecular flexibility index (Phi) is 3.96. The van der Waals surface area contributed by atoms with Crippen molar-refractivity contribution in [3.63, 3.8) is 0 Å². The summed E-state index contributed by atoms with van der Waals surface area (Å²) in [5.74, 6) is 0.437. The smallest absolute Gasteiger partial charge is 0.224 e. The van der Waals surface area contributed by atoms with Crippen molar-refractivity contribution >= 4 is 17.5 Å². The van der Waals surface area contributed by atoms with E-state index in [4.69, 9.17) is 5.73 Å². The third-order valence-corrected chi connectivity index (χ3v) is 2.56. The summed E-state index contributed by atoms with van der Waals surface area (Å²) in [6.45, 7) is 0. The number of nitrogens with one attached hydrogen (secondary N) is 2. The van der Waals surface area contributed by atoms with E-state index in [2.05, 4.69) is 15.3 Å². The van der Waals surface area contributed by atoms with Crippen molar-refractivity contribution in [3.05, 3.63) is 42.2 Å². The number of para-hydroxylation sites is 1. The Labute approximate surface area is 105 Å². The number of imidazole rings is 1. The number of nitrogen functional groups attached to an aromatic ring is 1. The number of anilines is 2. The van der Waals surface area contributed by atoms with Gasteiger partial charge in [-0.15, -0.1) is 0 Å². The number of carbonyl (C=O) groups excluding carboxylic acids is 1. The van der Waals surface area contributed by atoms with Crippen LogP contribution in [0.4, 0.5) is 11.6 Å². The summed E-state index contributed by atoms with van der Waals surface area (Å²) in [6, 6.07) is 9.44. The van der Waals surface area contributed by atoms with Crippen molar-refractivity contribution in [1.29, 1.82) is 0 Å². The number of H-pyrrole nitrogens is 1. The summed E-state index contributed by atoms with van der Waals surface area (Å²) in [6.07, 6.45) is 3.71. The zero-order valence-electron chi connectivity index (χ0n) is 10.0. The van der Waals surface area contributed by atoms with Gasteiger partial charge in [-0.2, -0.15) is 0 Å². The Balaban J connectivity index is 1.72. The molecule has 1 aromatic carbocycles. The predicted octanol–water partition coefficient (Wildman–Crippen LogP) is 1.95. The second kappa shape index (κ2) is 5.86. The van der Waals surface area contributed by atoms with Crippen LogP contribution in [0.5, 0.6) is 0 Å². The van der Waals surface area contributed by atoms with Crippen molar-refractivity contribution in [3.8, 4) is 0 Å². The highest BCUT2D eigenvalue weighted by atomic mass is 16.1. The van der Waals surface area contributed by atoms with Gasteiger partial charge in [0.2, 0.25) is 5.91 Å². The first kappa shape index (κ1) is 12.2. The van der Waals surface area contributed by atoms with Crippen LogP contribution in [0.1, 0.15) is 18.5 Å². The fourth-order valence-electron chi connectivity index (χ4n) is 1.69. The first-order valence-electron chi connectivity index (χ1n) is 5.88. The van der Waals surface area contributed by atoms with Gasteiger partial charge >= 0.3 is 0 Å². The van der Waals surface area contributed by atoms with E-state index in [1.165, 1.54) is 0 Å². The largest absolute Gasteiger partial charge is 0.369 e. The number of nitrogens with zero attached hydrogens (tertiary/aromatic N) is 1. The zero-order chi connectivity index (χ0) is 12.8. The number of carbonyl (C=O) groups is 1. The van der Waals surface area contributed by atoms with Gasteiger partial charge in [-0.1, -0.05) is 18.2 Å². The van der Waals surface area contributed by atoms with Crippen molar-refractivity contribution in [2.75, 3.05) is 11.1 Å². The molecular weight excluding hydrogens is 228 g/mol. The van der Waals surface area contributed by atoms with Crippen LogP contribution in [-0.4, -0.2) is 15.9 Å². The average Bonchev–Trinajstić information content (AvgIpc) is 2.76. The summed E-state index contributed by atoms with van der Waals surface area (Å²) in [5.41, 5.74) is 7.25. The van der Waals surface area contributed by atoms with E-state index >= 15 is 0 Å². The van der Waals surface area contributed by atoms with Gasteiger partial charge in [0.1, 0.15) is 0 Å². The molecule has 0 bridgehead atoms. The molecule has 0 aliphatic carbocycles. The SMILES string of the molecule is Nc1ncc(CCCC(=O)Nc2ccccc2)[nH]1. The lowest BCUT2D eigenvalue weighted by atomic mass is 10.2. The molecule has 4 N–H and O–H groups in total. The second-order valence-corrected chi connectivity index (χ2v) is 4.06. The fraction of sp³-hybridized carbons (Fsp3) is 0.231. The average molecular weight is 244 g/mol. The van der Waals surface area contributed by atoms with E-state index in [1.807, 2.05) is 30.3 Å². The van der Waals surface area contributed by atoms with Crippen molar-refractivity contribution in [2.45, 2.75) is 19.3 Å². The maximum atomic E-state index is 11.6. The number of hydrogen-bond donors (Lipinski definition) is 3. The van der Waals surface area contributed by atoms with Gasteiger partial charge in [0.05, 0.1) is 6.20 Å². The van der Waals surface area contributed by atoms with E-state index in [0.717, 1.165) is 24.2 Å². The van der Waals surface area contributed by atoms with Crippen LogP contribution in [0.15, 0.2) is 36.5 Å². The third-order valence-electron chi connectivity index (χ3n) is 2.56. The Morgan fingerprint density at radius 1 is 1.33 bits per heavy atom. The van der Waals surface area contributed by atoms with Gasteiger partial charge in [0, 0.05) is 17.8 Å². The van der Waals surface area contributed by atoms with Crippen LogP contribution in [0.3, 0.4) is 0 Å². The second-order valence-electron chi connectivity index (χ2n) is 4.06.